The predicted molar refractivity (Wildman–Crippen MR) is 129 cm³/mol. The van der Waals surface area contributed by atoms with Gasteiger partial charge in [0.1, 0.15) is 6.61 Å². The average Bonchev–Trinajstić information content (AvgIpc) is 3.15. The summed E-state index contributed by atoms with van der Waals surface area (Å²) in [5, 5.41) is 20.1. The number of aromatic amines is 1. The van der Waals surface area contributed by atoms with Crippen LogP contribution < -0.4 is 4.74 Å². The molecule has 3 aromatic rings. The van der Waals surface area contributed by atoms with Crippen LogP contribution in [0, 0.1) is 11.6 Å². The minimum atomic E-state index is -1.39. The van der Waals surface area contributed by atoms with Crippen LogP contribution in [0.5, 0.6) is 5.88 Å². The fourth-order valence-corrected chi connectivity index (χ4v) is 4.38. The Morgan fingerprint density at radius 2 is 1.97 bits per heavy atom. The van der Waals surface area contributed by atoms with Crippen molar-refractivity contribution >= 4 is 22.5 Å². The highest BCUT2D eigenvalue weighted by Crippen LogP contribution is 2.41. The topological polar surface area (TPSA) is 108 Å². The van der Waals surface area contributed by atoms with E-state index in [9.17, 15) is 18.7 Å². The molecule has 1 atom stereocenters. The standard InChI is InChI=1S/C26H29F2N3O5/c1-14(2)36-25(34)16-12-31(24(33)15-5-6-17(27)18(28)11-15)13-26(3,4)21-22(16)29-19-7-8-20(30-23(19)21)35-10-9-32/h5-8,11-12,14,25,29,32,34H,9-10,13H2,1-4H3. The maximum absolute atomic E-state index is 13.9. The van der Waals surface area contributed by atoms with Crippen molar-refractivity contribution < 1.29 is 33.3 Å². The van der Waals surface area contributed by atoms with Gasteiger partial charge in [0, 0.05) is 40.9 Å². The molecule has 36 heavy (non-hydrogen) atoms. The Morgan fingerprint density at radius 3 is 2.64 bits per heavy atom. The molecule has 0 spiro atoms. The number of hydrogen-bond donors (Lipinski definition) is 3. The summed E-state index contributed by atoms with van der Waals surface area (Å²) >= 11 is 0. The molecule has 192 valence electrons. The Bertz CT molecular complexity index is 1320. The number of aromatic nitrogens is 2. The lowest BCUT2D eigenvalue weighted by atomic mass is 9.82. The Morgan fingerprint density at radius 1 is 1.22 bits per heavy atom. The Kier molecular flexibility index (Phi) is 7.12. The van der Waals surface area contributed by atoms with E-state index in [1.54, 1.807) is 26.0 Å². The molecule has 1 amide bonds. The highest BCUT2D eigenvalue weighted by atomic mass is 19.2. The zero-order valence-corrected chi connectivity index (χ0v) is 20.5. The zero-order valence-electron chi connectivity index (χ0n) is 20.5. The van der Waals surface area contributed by atoms with Crippen LogP contribution in [-0.2, 0) is 10.2 Å². The van der Waals surface area contributed by atoms with Gasteiger partial charge in [-0.1, -0.05) is 13.8 Å². The molecular formula is C26H29F2N3O5. The first-order valence-electron chi connectivity index (χ1n) is 11.6. The van der Waals surface area contributed by atoms with Gasteiger partial charge in [-0.3, -0.25) is 4.79 Å². The summed E-state index contributed by atoms with van der Waals surface area (Å²) in [4.78, 5) is 22.7. The lowest BCUT2D eigenvalue weighted by molar-refractivity contribution is -0.0859. The lowest BCUT2D eigenvalue weighted by Gasteiger charge is -2.29. The lowest BCUT2D eigenvalue weighted by Crippen LogP contribution is -2.37. The van der Waals surface area contributed by atoms with Crippen LogP contribution in [0.15, 0.2) is 36.5 Å². The summed E-state index contributed by atoms with van der Waals surface area (Å²) in [5.74, 6) is -2.42. The van der Waals surface area contributed by atoms with Gasteiger partial charge in [-0.05, 0) is 38.1 Å². The highest BCUT2D eigenvalue weighted by Gasteiger charge is 2.38. The monoisotopic (exact) mass is 501 g/mol. The molecule has 8 nitrogen and oxygen atoms in total. The van der Waals surface area contributed by atoms with Gasteiger partial charge in [0.15, 0.2) is 17.9 Å². The number of pyridine rings is 1. The van der Waals surface area contributed by atoms with Crippen LogP contribution in [0.1, 0.15) is 49.3 Å². The largest absolute Gasteiger partial charge is 0.475 e. The van der Waals surface area contributed by atoms with Crippen molar-refractivity contribution in [3.05, 3.63) is 65.0 Å². The molecule has 1 aliphatic rings. The number of benzene rings is 1. The maximum Gasteiger partial charge on any atom is 0.257 e. The van der Waals surface area contributed by atoms with E-state index in [-0.39, 0.29) is 37.0 Å². The summed E-state index contributed by atoms with van der Waals surface area (Å²) in [5.41, 5.74) is 2.08. The molecule has 0 radical (unpaired) electrons. The molecule has 10 heteroatoms. The molecule has 0 aliphatic carbocycles. The number of fused-ring (bicyclic) bond motifs is 3. The highest BCUT2D eigenvalue weighted by molar-refractivity contribution is 5.97. The third-order valence-corrected chi connectivity index (χ3v) is 5.88. The number of amides is 1. The third kappa shape index (κ3) is 4.97. The van der Waals surface area contributed by atoms with Gasteiger partial charge >= 0.3 is 0 Å². The summed E-state index contributed by atoms with van der Waals surface area (Å²) in [7, 11) is 0. The van der Waals surface area contributed by atoms with E-state index >= 15 is 0 Å². The number of nitrogens with one attached hydrogen (secondary N) is 1. The molecule has 0 saturated carbocycles. The third-order valence-electron chi connectivity index (χ3n) is 5.88. The normalized spacial score (nSPS) is 16.0. The first-order chi connectivity index (χ1) is 17.0. The number of nitrogens with zero attached hydrogens (tertiary/aromatic N) is 2. The van der Waals surface area contributed by atoms with Crippen molar-refractivity contribution in [3.63, 3.8) is 0 Å². The van der Waals surface area contributed by atoms with Gasteiger partial charge in [0.05, 0.1) is 29.4 Å². The average molecular weight is 502 g/mol. The number of aliphatic hydroxyl groups is 2. The fourth-order valence-electron chi connectivity index (χ4n) is 4.38. The number of aliphatic hydroxyl groups excluding tert-OH is 2. The Hall–Kier alpha value is -3.34. The molecule has 1 aliphatic heterocycles. The van der Waals surface area contributed by atoms with E-state index in [1.807, 2.05) is 13.8 Å². The van der Waals surface area contributed by atoms with Crippen molar-refractivity contribution in [2.24, 2.45) is 0 Å². The van der Waals surface area contributed by atoms with E-state index in [1.165, 1.54) is 17.2 Å². The van der Waals surface area contributed by atoms with E-state index in [2.05, 4.69) is 9.97 Å². The number of hydrogen-bond acceptors (Lipinski definition) is 6. The second-order valence-corrected chi connectivity index (χ2v) is 9.56. The first kappa shape index (κ1) is 25.7. The van der Waals surface area contributed by atoms with Gasteiger partial charge < -0.3 is 29.6 Å². The van der Waals surface area contributed by atoms with E-state index < -0.39 is 29.2 Å². The molecular weight excluding hydrogens is 472 g/mol. The molecule has 2 aromatic heterocycles. The van der Waals surface area contributed by atoms with E-state index in [4.69, 9.17) is 14.6 Å². The van der Waals surface area contributed by atoms with Gasteiger partial charge in [-0.15, -0.1) is 0 Å². The number of ether oxygens (including phenoxy) is 2. The van der Waals surface area contributed by atoms with Crippen molar-refractivity contribution in [1.82, 2.24) is 14.9 Å². The Balaban J connectivity index is 1.87. The summed E-state index contributed by atoms with van der Waals surface area (Å²) in [6, 6.07) is 6.43. The van der Waals surface area contributed by atoms with Crippen LogP contribution in [0.2, 0.25) is 0 Å². The second-order valence-electron chi connectivity index (χ2n) is 9.56. The predicted octanol–water partition coefficient (Wildman–Crippen LogP) is 3.73. The minimum Gasteiger partial charge on any atom is -0.475 e. The van der Waals surface area contributed by atoms with Crippen LogP contribution >= 0.6 is 0 Å². The number of rotatable bonds is 7. The zero-order chi connectivity index (χ0) is 26.2. The smallest absolute Gasteiger partial charge is 0.257 e. The number of halogens is 2. The molecule has 0 saturated heterocycles. The van der Waals surface area contributed by atoms with Crippen molar-refractivity contribution in [1.29, 1.82) is 0 Å². The van der Waals surface area contributed by atoms with E-state index in [0.717, 1.165) is 17.7 Å². The Labute approximate surface area is 207 Å². The minimum absolute atomic E-state index is 0.0344. The van der Waals surface area contributed by atoms with Crippen molar-refractivity contribution in [2.45, 2.75) is 45.5 Å². The van der Waals surface area contributed by atoms with Gasteiger partial charge in [-0.25, -0.2) is 13.8 Å². The SMILES string of the molecule is CC(C)OC(O)C1=CN(C(=O)c2ccc(F)c(F)c2)CC(C)(C)c2c1[nH]c1ccc(OCCO)nc21. The van der Waals surface area contributed by atoms with Crippen LogP contribution in [0.4, 0.5) is 8.78 Å². The second kappa shape index (κ2) is 9.96. The van der Waals surface area contributed by atoms with Crippen LogP contribution in [-0.4, -0.2) is 63.1 Å². The summed E-state index contributed by atoms with van der Waals surface area (Å²) in [6.07, 6.45) is -0.240. The molecule has 0 fully saturated rings. The summed E-state index contributed by atoms with van der Waals surface area (Å²) in [6.45, 7) is 7.44. The van der Waals surface area contributed by atoms with Gasteiger partial charge in [0.25, 0.3) is 5.91 Å². The molecule has 1 aromatic carbocycles. The van der Waals surface area contributed by atoms with Gasteiger partial charge in [0.2, 0.25) is 5.88 Å². The summed E-state index contributed by atoms with van der Waals surface area (Å²) < 4.78 is 38.5. The quantitative estimate of drug-likeness (QED) is 0.426. The maximum atomic E-state index is 13.9. The van der Waals surface area contributed by atoms with Crippen molar-refractivity contribution in [3.8, 4) is 5.88 Å². The number of carbonyl (C=O) groups excluding carboxylic acids is 1. The fraction of sp³-hybridized carbons (Fsp3) is 0.385. The van der Waals surface area contributed by atoms with Crippen LogP contribution in [0.3, 0.4) is 0 Å². The molecule has 3 N–H and O–H groups in total. The number of H-pyrrole nitrogens is 1. The van der Waals surface area contributed by atoms with E-state index in [0.29, 0.717) is 22.6 Å². The first-order valence-corrected chi connectivity index (χ1v) is 11.6. The molecule has 3 heterocycles. The van der Waals surface area contributed by atoms with Crippen molar-refractivity contribution in [2.75, 3.05) is 19.8 Å². The van der Waals surface area contributed by atoms with Crippen LogP contribution in [0.25, 0.3) is 16.6 Å². The van der Waals surface area contributed by atoms with Gasteiger partial charge in [-0.2, -0.15) is 0 Å². The molecule has 0 bridgehead atoms. The molecule has 4 rings (SSSR count). The number of carbonyl (C=O) groups is 1. The molecule has 1 unspecified atom stereocenters.